The van der Waals surface area contributed by atoms with E-state index in [1.165, 1.54) is 0 Å². The van der Waals surface area contributed by atoms with Gasteiger partial charge in [-0.1, -0.05) is 30.3 Å². The number of H-pyrrole nitrogens is 1. The highest BCUT2D eigenvalue weighted by atomic mass is 16.5. The van der Waals surface area contributed by atoms with Gasteiger partial charge in [0, 0.05) is 42.8 Å². The Morgan fingerprint density at radius 2 is 2.07 bits per heavy atom. The summed E-state index contributed by atoms with van der Waals surface area (Å²) in [6, 6.07) is 16.0. The number of para-hydroxylation sites is 1. The van der Waals surface area contributed by atoms with E-state index < -0.39 is 0 Å². The lowest BCUT2D eigenvalue weighted by molar-refractivity contribution is -0.117. The van der Waals surface area contributed by atoms with Crippen molar-refractivity contribution in [1.29, 1.82) is 0 Å². The number of hydrogen-bond donors (Lipinski definition) is 2. The number of carbonyl (C=O) groups excluding carboxylic acids is 1. The molecule has 6 nitrogen and oxygen atoms in total. The van der Waals surface area contributed by atoms with Gasteiger partial charge in [-0.05, 0) is 42.5 Å². The fourth-order valence-electron chi connectivity index (χ4n) is 4.08. The van der Waals surface area contributed by atoms with E-state index in [0.717, 1.165) is 54.3 Å². The van der Waals surface area contributed by atoms with E-state index in [-0.39, 0.29) is 11.8 Å². The first kappa shape index (κ1) is 20.2. The fourth-order valence-corrected chi connectivity index (χ4v) is 4.08. The number of anilines is 1. The maximum Gasteiger partial charge on any atom is 0.224 e. The van der Waals surface area contributed by atoms with Crippen molar-refractivity contribution in [2.24, 2.45) is 5.92 Å². The molecule has 0 bridgehead atoms. The molecule has 1 atom stereocenters. The van der Waals surface area contributed by atoms with Gasteiger partial charge in [0.2, 0.25) is 5.91 Å². The first-order chi connectivity index (χ1) is 14.7. The summed E-state index contributed by atoms with van der Waals surface area (Å²) >= 11 is 0. The van der Waals surface area contributed by atoms with Gasteiger partial charge in [0.05, 0.1) is 19.4 Å². The predicted molar refractivity (Wildman–Crippen MR) is 116 cm³/mol. The molecule has 1 aromatic heterocycles. The predicted octanol–water partition coefficient (Wildman–Crippen LogP) is 4.35. The monoisotopic (exact) mass is 405 g/mol. The number of rotatable bonds is 7. The van der Waals surface area contributed by atoms with Gasteiger partial charge in [-0.2, -0.15) is 0 Å². The van der Waals surface area contributed by atoms with Crippen molar-refractivity contribution in [3.05, 3.63) is 77.9 Å². The first-order valence-corrected chi connectivity index (χ1v) is 10.3. The van der Waals surface area contributed by atoms with Crippen LogP contribution in [0.5, 0.6) is 5.75 Å². The van der Waals surface area contributed by atoms with Gasteiger partial charge in [-0.25, -0.2) is 4.98 Å². The Morgan fingerprint density at radius 3 is 2.83 bits per heavy atom. The van der Waals surface area contributed by atoms with Crippen molar-refractivity contribution in [1.82, 2.24) is 9.97 Å². The molecule has 0 aliphatic carbocycles. The molecule has 6 heteroatoms. The molecule has 30 heavy (non-hydrogen) atoms. The molecule has 2 heterocycles. The van der Waals surface area contributed by atoms with Gasteiger partial charge >= 0.3 is 0 Å². The number of amides is 1. The highest BCUT2D eigenvalue weighted by molar-refractivity contribution is 5.91. The van der Waals surface area contributed by atoms with Crippen molar-refractivity contribution in [2.45, 2.75) is 25.2 Å². The van der Waals surface area contributed by atoms with Gasteiger partial charge < -0.3 is 19.8 Å². The highest BCUT2D eigenvalue weighted by Gasteiger charge is 2.22. The van der Waals surface area contributed by atoms with Crippen LogP contribution < -0.4 is 10.1 Å². The molecule has 156 valence electrons. The Bertz CT molecular complexity index is 965. The minimum Gasteiger partial charge on any atom is -0.496 e. The molecule has 2 N–H and O–H groups in total. The summed E-state index contributed by atoms with van der Waals surface area (Å²) in [5, 5.41) is 3.07. The molecule has 3 aromatic rings. The quantitative estimate of drug-likeness (QED) is 0.613. The van der Waals surface area contributed by atoms with Crippen LogP contribution >= 0.6 is 0 Å². The molecular formula is C24H27N3O3. The van der Waals surface area contributed by atoms with Gasteiger partial charge in [0.15, 0.2) is 0 Å². The van der Waals surface area contributed by atoms with Crippen molar-refractivity contribution in [3.8, 4) is 5.75 Å². The van der Waals surface area contributed by atoms with E-state index in [1.807, 2.05) is 42.6 Å². The average molecular weight is 405 g/mol. The van der Waals surface area contributed by atoms with E-state index in [0.29, 0.717) is 12.3 Å². The summed E-state index contributed by atoms with van der Waals surface area (Å²) < 4.78 is 11.0. The molecule has 0 saturated carbocycles. The van der Waals surface area contributed by atoms with Gasteiger partial charge in [-0.3, -0.25) is 4.79 Å². The molecule has 4 rings (SSSR count). The lowest BCUT2D eigenvalue weighted by Gasteiger charge is -2.22. The molecule has 1 saturated heterocycles. The molecule has 1 aliphatic heterocycles. The third-order valence-electron chi connectivity index (χ3n) is 5.60. The number of methoxy groups -OCH3 is 1. The Hall–Kier alpha value is -3.12. The van der Waals surface area contributed by atoms with Crippen LogP contribution in [0.15, 0.2) is 61.1 Å². The number of benzene rings is 2. The van der Waals surface area contributed by atoms with Crippen LogP contribution in [-0.2, 0) is 9.53 Å². The topological polar surface area (TPSA) is 76.2 Å². The molecule has 0 radical (unpaired) electrons. The molecule has 0 spiro atoms. The molecule has 1 unspecified atom stereocenters. The molecular weight excluding hydrogens is 378 g/mol. The number of nitrogens with zero attached hydrogens (tertiary/aromatic N) is 1. The largest absolute Gasteiger partial charge is 0.496 e. The maximum atomic E-state index is 12.6. The van der Waals surface area contributed by atoms with Crippen LogP contribution in [-0.4, -0.2) is 36.2 Å². The average Bonchev–Trinajstić information content (AvgIpc) is 3.29. The minimum atomic E-state index is -0.0870. The second-order valence-corrected chi connectivity index (χ2v) is 7.62. The van der Waals surface area contributed by atoms with E-state index in [4.69, 9.17) is 9.47 Å². The SMILES string of the molecule is COc1ccccc1C(c1cccc(NC(=O)CC2CCOCC2)c1)c1cnc[nH]1. The van der Waals surface area contributed by atoms with Crippen LogP contribution in [0.4, 0.5) is 5.69 Å². The molecule has 1 amide bonds. The van der Waals surface area contributed by atoms with Gasteiger partial charge in [0.25, 0.3) is 0 Å². The third kappa shape index (κ3) is 4.71. The van der Waals surface area contributed by atoms with Crippen molar-refractivity contribution in [2.75, 3.05) is 25.6 Å². The Balaban J connectivity index is 1.59. The summed E-state index contributed by atoms with van der Waals surface area (Å²) in [6.07, 6.45) is 5.93. The second-order valence-electron chi connectivity index (χ2n) is 7.62. The van der Waals surface area contributed by atoms with Crippen LogP contribution in [0.3, 0.4) is 0 Å². The molecule has 1 aliphatic rings. The standard InChI is InChI=1S/C24H27N3O3/c1-29-22-8-3-2-7-20(22)24(21-15-25-16-26-21)18-5-4-6-19(14-18)27-23(28)13-17-9-11-30-12-10-17/h2-8,14-17,24H,9-13H2,1H3,(H,25,26)(H,27,28). The Morgan fingerprint density at radius 1 is 1.23 bits per heavy atom. The number of aromatic nitrogens is 2. The van der Waals surface area contributed by atoms with Crippen LogP contribution in [0.2, 0.25) is 0 Å². The van der Waals surface area contributed by atoms with Crippen LogP contribution in [0.25, 0.3) is 0 Å². The van der Waals surface area contributed by atoms with Gasteiger partial charge in [0.1, 0.15) is 5.75 Å². The normalized spacial score (nSPS) is 15.5. The lowest BCUT2D eigenvalue weighted by Crippen LogP contribution is -2.22. The zero-order valence-electron chi connectivity index (χ0n) is 17.1. The zero-order valence-corrected chi connectivity index (χ0v) is 17.1. The Labute approximate surface area is 176 Å². The first-order valence-electron chi connectivity index (χ1n) is 10.3. The summed E-state index contributed by atoms with van der Waals surface area (Å²) in [5.74, 6) is 1.17. The van der Waals surface area contributed by atoms with Crippen molar-refractivity contribution >= 4 is 11.6 Å². The van der Waals surface area contributed by atoms with E-state index in [2.05, 4.69) is 27.4 Å². The summed E-state index contributed by atoms with van der Waals surface area (Å²) in [7, 11) is 1.68. The van der Waals surface area contributed by atoms with Crippen LogP contribution in [0.1, 0.15) is 42.0 Å². The highest BCUT2D eigenvalue weighted by Crippen LogP contribution is 2.37. The number of ether oxygens (including phenoxy) is 2. The number of carbonyl (C=O) groups is 1. The molecule has 1 fully saturated rings. The number of nitrogens with one attached hydrogen (secondary N) is 2. The summed E-state index contributed by atoms with van der Waals surface area (Å²) in [5.41, 5.74) is 3.84. The smallest absolute Gasteiger partial charge is 0.224 e. The summed E-state index contributed by atoms with van der Waals surface area (Å²) in [6.45, 7) is 1.50. The van der Waals surface area contributed by atoms with E-state index >= 15 is 0 Å². The van der Waals surface area contributed by atoms with E-state index in [9.17, 15) is 4.79 Å². The summed E-state index contributed by atoms with van der Waals surface area (Å²) in [4.78, 5) is 20.0. The minimum absolute atomic E-state index is 0.0504. The third-order valence-corrected chi connectivity index (χ3v) is 5.60. The molecule has 2 aromatic carbocycles. The van der Waals surface area contributed by atoms with Crippen molar-refractivity contribution < 1.29 is 14.3 Å². The Kier molecular flexibility index (Phi) is 6.44. The number of aromatic amines is 1. The zero-order chi connectivity index (χ0) is 20.8. The number of hydrogen-bond acceptors (Lipinski definition) is 4. The van der Waals surface area contributed by atoms with Crippen LogP contribution in [0, 0.1) is 5.92 Å². The maximum absolute atomic E-state index is 12.6. The lowest BCUT2D eigenvalue weighted by atomic mass is 9.88. The number of imidazole rings is 1. The van der Waals surface area contributed by atoms with Gasteiger partial charge in [-0.15, -0.1) is 0 Å². The van der Waals surface area contributed by atoms with Crippen molar-refractivity contribution in [3.63, 3.8) is 0 Å². The fraction of sp³-hybridized carbons (Fsp3) is 0.333. The second kappa shape index (κ2) is 9.59. The van der Waals surface area contributed by atoms with E-state index in [1.54, 1.807) is 13.4 Å².